The van der Waals surface area contributed by atoms with Gasteiger partial charge in [-0.05, 0) is 78.1 Å². The van der Waals surface area contributed by atoms with Crippen molar-refractivity contribution in [2.24, 2.45) is 0 Å². The first-order valence-electron chi connectivity index (χ1n) is 7.47. The summed E-state index contributed by atoms with van der Waals surface area (Å²) in [6.07, 6.45) is 2.44. The Bertz CT molecular complexity index is 620. The molecular weight excluding hydrogens is 379 g/mol. The summed E-state index contributed by atoms with van der Waals surface area (Å²) in [5.41, 5.74) is 4.55. The van der Waals surface area contributed by atoms with E-state index >= 15 is 0 Å². The number of hydrazine groups is 1. The van der Waals surface area contributed by atoms with E-state index in [2.05, 4.69) is 53.6 Å². The molecule has 2 unspecified atom stereocenters. The molecule has 2 saturated heterocycles. The molecule has 4 rings (SSSR count). The normalized spacial score (nSPS) is 28.4. The summed E-state index contributed by atoms with van der Waals surface area (Å²) in [5.74, 6) is 0.390. The van der Waals surface area contributed by atoms with Crippen molar-refractivity contribution in [1.82, 2.24) is 10.0 Å². The number of aryl methyl sites for hydroxylation is 2. The lowest BCUT2D eigenvalue weighted by atomic mass is 9.92. The van der Waals surface area contributed by atoms with E-state index in [0.717, 1.165) is 30.6 Å². The number of aliphatic hydroxyl groups is 1. The third-order valence-electron chi connectivity index (χ3n) is 4.62. The van der Waals surface area contributed by atoms with Gasteiger partial charge in [-0.25, -0.2) is 0 Å². The van der Waals surface area contributed by atoms with Gasteiger partial charge in [-0.1, -0.05) is 0 Å². The lowest BCUT2D eigenvalue weighted by Crippen LogP contribution is -2.51. The Hall–Kier alpha value is -0.790. The fraction of sp³-hybridized carbons (Fsp3) is 0.500. The van der Waals surface area contributed by atoms with E-state index in [1.807, 2.05) is 5.01 Å². The summed E-state index contributed by atoms with van der Waals surface area (Å²) < 4.78 is 7.12. The number of hydrogen-bond acceptors (Lipinski definition) is 4. The molecule has 0 aromatic heterocycles. The van der Waals surface area contributed by atoms with Crippen molar-refractivity contribution in [2.75, 3.05) is 13.1 Å². The molecular formula is C16H19IN2O2. The second-order valence-electron chi connectivity index (χ2n) is 6.09. The third kappa shape index (κ3) is 2.09. The van der Waals surface area contributed by atoms with Gasteiger partial charge in [-0.3, -0.25) is 5.01 Å². The first-order valence-corrected chi connectivity index (χ1v) is 8.55. The van der Waals surface area contributed by atoms with Gasteiger partial charge >= 0.3 is 0 Å². The van der Waals surface area contributed by atoms with Gasteiger partial charge < -0.3 is 9.84 Å². The minimum absolute atomic E-state index is 0.0248. The Morgan fingerprint density at radius 2 is 1.86 bits per heavy atom. The Morgan fingerprint density at radius 1 is 1.19 bits per heavy atom. The molecule has 1 N–H and O–H groups in total. The molecule has 21 heavy (non-hydrogen) atoms. The maximum absolute atomic E-state index is 10.8. The van der Waals surface area contributed by atoms with Crippen LogP contribution in [0.2, 0.25) is 0 Å². The first-order chi connectivity index (χ1) is 10.1. The molecule has 0 spiro atoms. The summed E-state index contributed by atoms with van der Waals surface area (Å²) in [4.78, 5) is 0. The highest BCUT2D eigenvalue weighted by molar-refractivity contribution is 14.1. The molecule has 112 valence electrons. The quantitative estimate of drug-likeness (QED) is 0.583. The molecule has 0 aliphatic carbocycles. The standard InChI is InChI=1S/C16H19IN2O2/c1-9-7-11(17)8-10(2)12(9)13-14-16(21-14)19-6-4-3-5-18(19)15(13)20/h7-8,14,16,20H,3-6H2,1-2H3. The minimum atomic E-state index is 0.0248. The van der Waals surface area contributed by atoms with Crippen LogP contribution in [0.15, 0.2) is 18.0 Å². The van der Waals surface area contributed by atoms with Crippen molar-refractivity contribution in [1.29, 1.82) is 0 Å². The maximum Gasteiger partial charge on any atom is 0.208 e. The van der Waals surface area contributed by atoms with E-state index in [1.165, 1.54) is 21.1 Å². The van der Waals surface area contributed by atoms with Crippen LogP contribution in [0, 0.1) is 17.4 Å². The van der Waals surface area contributed by atoms with Gasteiger partial charge in [0.1, 0.15) is 6.10 Å². The molecule has 3 aliphatic heterocycles. The van der Waals surface area contributed by atoms with Gasteiger partial charge in [-0.2, -0.15) is 5.01 Å². The van der Waals surface area contributed by atoms with Crippen LogP contribution in [-0.4, -0.2) is 40.5 Å². The van der Waals surface area contributed by atoms with Crippen molar-refractivity contribution >= 4 is 28.2 Å². The Labute approximate surface area is 138 Å². The number of ether oxygens (including phenoxy) is 1. The molecule has 2 atom stereocenters. The fourth-order valence-corrected chi connectivity index (χ4v) is 4.61. The van der Waals surface area contributed by atoms with Crippen molar-refractivity contribution in [3.8, 4) is 0 Å². The molecule has 0 saturated carbocycles. The molecule has 0 bridgehead atoms. The number of halogens is 1. The van der Waals surface area contributed by atoms with E-state index in [1.54, 1.807) is 0 Å². The van der Waals surface area contributed by atoms with Crippen LogP contribution in [0.25, 0.3) is 5.57 Å². The minimum Gasteiger partial charge on any atom is -0.493 e. The Kier molecular flexibility index (Phi) is 3.20. The summed E-state index contributed by atoms with van der Waals surface area (Å²) in [6, 6.07) is 4.34. The number of rotatable bonds is 1. The number of hydrogen-bond donors (Lipinski definition) is 1. The monoisotopic (exact) mass is 398 g/mol. The van der Waals surface area contributed by atoms with Crippen LogP contribution in [0.4, 0.5) is 0 Å². The Balaban J connectivity index is 1.85. The third-order valence-corrected chi connectivity index (χ3v) is 5.24. The second-order valence-corrected chi connectivity index (χ2v) is 7.34. The fourth-order valence-electron chi connectivity index (χ4n) is 3.67. The van der Waals surface area contributed by atoms with Crippen molar-refractivity contribution in [2.45, 2.75) is 39.0 Å². The van der Waals surface area contributed by atoms with Crippen LogP contribution < -0.4 is 0 Å². The largest absolute Gasteiger partial charge is 0.493 e. The maximum atomic E-state index is 10.8. The summed E-state index contributed by atoms with van der Waals surface area (Å²) in [5, 5.41) is 15.0. The topological polar surface area (TPSA) is 39.2 Å². The summed E-state index contributed by atoms with van der Waals surface area (Å²) >= 11 is 2.34. The van der Waals surface area contributed by atoms with Crippen molar-refractivity contribution in [3.63, 3.8) is 0 Å². The molecule has 5 heteroatoms. The number of fused-ring (bicyclic) bond motifs is 3. The predicted octanol–water partition coefficient (Wildman–Crippen LogP) is 3.19. The number of epoxide rings is 1. The summed E-state index contributed by atoms with van der Waals surface area (Å²) in [6.45, 7) is 6.09. The molecule has 0 amide bonds. The molecule has 4 nitrogen and oxygen atoms in total. The number of benzene rings is 1. The van der Waals surface area contributed by atoms with Gasteiger partial charge in [0, 0.05) is 16.7 Å². The van der Waals surface area contributed by atoms with E-state index in [4.69, 9.17) is 4.74 Å². The van der Waals surface area contributed by atoms with Gasteiger partial charge in [-0.15, -0.1) is 0 Å². The highest BCUT2D eigenvalue weighted by Gasteiger charge is 2.55. The summed E-state index contributed by atoms with van der Waals surface area (Å²) in [7, 11) is 0. The second kappa shape index (κ2) is 4.86. The van der Waals surface area contributed by atoms with Crippen LogP contribution in [0.5, 0.6) is 0 Å². The van der Waals surface area contributed by atoms with Crippen LogP contribution in [-0.2, 0) is 4.74 Å². The van der Waals surface area contributed by atoms with Gasteiger partial charge in [0.05, 0.1) is 5.57 Å². The van der Waals surface area contributed by atoms with Crippen LogP contribution >= 0.6 is 22.6 Å². The van der Waals surface area contributed by atoms with Crippen molar-refractivity contribution in [3.05, 3.63) is 38.3 Å². The predicted molar refractivity (Wildman–Crippen MR) is 89.5 cm³/mol. The lowest BCUT2D eigenvalue weighted by molar-refractivity contribution is -0.0848. The van der Waals surface area contributed by atoms with Crippen LogP contribution in [0.3, 0.4) is 0 Å². The van der Waals surface area contributed by atoms with E-state index < -0.39 is 0 Å². The van der Waals surface area contributed by atoms with Gasteiger partial charge in [0.2, 0.25) is 5.88 Å². The average Bonchev–Trinajstić information content (AvgIpc) is 3.22. The zero-order valence-corrected chi connectivity index (χ0v) is 14.4. The van der Waals surface area contributed by atoms with Gasteiger partial charge in [0.15, 0.2) is 6.23 Å². The highest BCUT2D eigenvalue weighted by Crippen LogP contribution is 2.47. The van der Waals surface area contributed by atoms with Gasteiger partial charge in [0.25, 0.3) is 0 Å². The molecule has 0 radical (unpaired) electrons. The van der Waals surface area contributed by atoms with E-state index in [0.29, 0.717) is 5.88 Å². The zero-order valence-electron chi connectivity index (χ0n) is 12.3. The molecule has 1 aromatic carbocycles. The SMILES string of the molecule is Cc1cc(I)cc(C)c1C1=C(O)N2CCCCN2C2OC12. The molecule has 2 fully saturated rings. The number of nitrogens with zero attached hydrogens (tertiary/aromatic N) is 2. The van der Waals surface area contributed by atoms with E-state index in [9.17, 15) is 5.11 Å². The molecule has 3 aliphatic rings. The lowest BCUT2D eigenvalue weighted by Gasteiger charge is -2.41. The van der Waals surface area contributed by atoms with Crippen LogP contribution in [0.1, 0.15) is 29.5 Å². The Morgan fingerprint density at radius 3 is 2.57 bits per heavy atom. The first kappa shape index (κ1) is 13.8. The van der Waals surface area contributed by atoms with Crippen molar-refractivity contribution < 1.29 is 9.84 Å². The molecule has 3 heterocycles. The zero-order chi connectivity index (χ0) is 14.7. The molecule has 1 aromatic rings. The highest BCUT2D eigenvalue weighted by atomic mass is 127. The smallest absolute Gasteiger partial charge is 0.208 e. The number of aliphatic hydroxyl groups excluding tert-OH is 1. The average molecular weight is 398 g/mol. The van der Waals surface area contributed by atoms with E-state index in [-0.39, 0.29) is 12.3 Å².